The summed E-state index contributed by atoms with van der Waals surface area (Å²) in [6.07, 6.45) is 5.62. The van der Waals surface area contributed by atoms with Gasteiger partial charge in [0.2, 0.25) is 0 Å². The van der Waals surface area contributed by atoms with Crippen LogP contribution in [0.2, 0.25) is 0 Å². The Kier molecular flexibility index (Phi) is 4.40. The second-order valence-corrected chi connectivity index (χ2v) is 7.92. The van der Waals surface area contributed by atoms with E-state index in [0.717, 1.165) is 17.9 Å². The monoisotopic (exact) mass is 279 g/mol. The zero-order valence-corrected chi connectivity index (χ0v) is 13.7. The molecule has 3 heterocycles. The summed E-state index contributed by atoms with van der Waals surface area (Å²) in [4.78, 5) is 5.42. The summed E-state index contributed by atoms with van der Waals surface area (Å²) in [7, 11) is 2.34. The van der Waals surface area contributed by atoms with E-state index >= 15 is 0 Å². The first-order valence-corrected chi connectivity index (χ1v) is 8.74. The van der Waals surface area contributed by atoms with Gasteiger partial charge in [0.25, 0.3) is 0 Å². The lowest BCUT2D eigenvalue weighted by Crippen LogP contribution is -2.55. The van der Waals surface area contributed by atoms with E-state index < -0.39 is 0 Å². The maximum Gasteiger partial charge on any atom is 0.0145 e. The van der Waals surface area contributed by atoms with Gasteiger partial charge in [-0.25, -0.2) is 0 Å². The molecule has 3 unspecified atom stereocenters. The van der Waals surface area contributed by atoms with Gasteiger partial charge in [-0.15, -0.1) is 0 Å². The molecule has 3 nitrogen and oxygen atoms in total. The van der Waals surface area contributed by atoms with E-state index in [-0.39, 0.29) is 0 Å². The molecule has 0 spiro atoms. The van der Waals surface area contributed by atoms with Crippen LogP contribution in [0.15, 0.2) is 0 Å². The lowest BCUT2D eigenvalue weighted by Gasteiger charge is -2.48. The molecule has 3 atom stereocenters. The van der Waals surface area contributed by atoms with E-state index in [1.807, 2.05) is 0 Å². The van der Waals surface area contributed by atoms with Gasteiger partial charge in [0.15, 0.2) is 0 Å². The molecular weight excluding hydrogens is 246 g/mol. The van der Waals surface area contributed by atoms with Crippen LogP contribution in [0.4, 0.5) is 0 Å². The summed E-state index contributed by atoms with van der Waals surface area (Å²) in [5.74, 6) is 1.73. The lowest BCUT2D eigenvalue weighted by molar-refractivity contribution is 0.0133. The average molecular weight is 279 g/mol. The van der Waals surface area contributed by atoms with Gasteiger partial charge in [0, 0.05) is 25.7 Å². The molecule has 0 radical (unpaired) electrons. The molecule has 0 aliphatic carbocycles. The highest BCUT2D eigenvalue weighted by Gasteiger charge is 2.41. The average Bonchev–Trinajstić information content (AvgIpc) is 2.89. The third kappa shape index (κ3) is 2.77. The highest BCUT2D eigenvalue weighted by Crippen LogP contribution is 2.37. The Morgan fingerprint density at radius 1 is 1.25 bits per heavy atom. The number of hydrogen-bond acceptors (Lipinski definition) is 3. The van der Waals surface area contributed by atoms with Gasteiger partial charge in [-0.05, 0) is 69.6 Å². The molecule has 0 bridgehead atoms. The van der Waals surface area contributed by atoms with Crippen molar-refractivity contribution in [1.82, 2.24) is 15.1 Å². The maximum absolute atomic E-state index is 3.61. The smallest absolute Gasteiger partial charge is 0.0145 e. The first-order chi connectivity index (χ1) is 9.61. The second kappa shape index (κ2) is 5.94. The Balaban J connectivity index is 1.61. The van der Waals surface area contributed by atoms with E-state index in [4.69, 9.17) is 0 Å². The Morgan fingerprint density at radius 2 is 2.10 bits per heavy atom. The minimum atomic E-state index is 0.535. The molecule has 3 rings (SSSR count). The molecule has 3 heteroatoms. The van der Waals surface area contributed by atoms with Crippen molar-refractivity contribution in [2.24, 2.45) is 17.3 Å². The molecule has 3 fully saturated rings. The molecule has 3 aliphatic rings. The van der Waals surface area contributed by atoms with E-state index in [2.05, 4.69) is 36.0 Å². The van der Waals surface area contributed by atoms with Gasteiger partial charge in [-0.1, -0.05) is 13.8 Å². The number of likely N-dealkylation sites (tertiary alicyclic amines) is 2. The highest BCUT2D eigenvalue weighted by molar-refractivity contribution is 4.96. The van der Waals surface area contributed by atoms with Gasteiger partial charge >= 0.3 is 0 Å². The first kappa shape index (κ1) is 14.8. The fraction of sp³-hybridized carbons (Fsp3) is 1.00. The molecule has 1 N–H and O–H groups in total. The molecule has 0 saturated carbocycles. The summed E-state index contributed by atoms with van der Waals surface area (Å²) in [6.45, 7) is 12.6. The molecule has 20 heavy (non-hydrogen) atoms. The Labute approximate surface area is 125 Å². The van der Waals surface area contributed by atoms with Crippen LogP contribution in [-0.4, -0.2) is 62.2 Å². The van der Waals surface area contributed by atoms with Crippen LogP contribution in [0.1, 0.15) is 39.5 Å². The predicted molar refractivity (Wildman–Crippen MR) is 85.0 cm³/mol. The van der Waals surface area contributed by atoms with Crippen molar-refractivity contribution in [2.45, 2.75) is 45.6 Å². The topological polar surface area (TPSA) is 18.5 Å². The van der Waals surface area contributed by atoms with Crippen LogP contribution in [0.5, 0.6) is 0 Å². The Morgan fingerprint density at radius 3 is 2.80 bits per heavy atom. The predicted octanol–water partition coefficient (Wildman–Crippen LogP) is 2.04. The first-order valence-electron chi connectivity index (χ1n) is 8.74. The highest BCUT2D eigenvalue weighted by atomic mass is 15.2. The fourth-order valence-electron chi connectivity index (χ4n) is 4.89. The fourth-order valence-corrected chi connectivity index (χ4v) is 4.89. The zero-order valence-electron chi connectivity index (χ0n) is 13.7. The van der Waals surface area contributed by atoms with Gasteiger partial charge < -0.3 is 15.1 Å². The minimum Gasteiger partial charge on any atom is -0.316 e. The van der Waals surface area contributed by atoms with Crippen LogP contribution < -0.4 is 5.32 Å². The minimum absolute atomic E-state index is 0.535. The zero-order chi connectivity index (χ0) is 14.2. The molecule has 0 aromatic rings. The van der Waals surface area contributed by atoms with Crippen LogP contribution in [0.25, 0.3) is 0 Å². The van der Waals surface area contributed by atoms with Crippen LogP contribution in [0, 0.1) is 17.3 Å². The summed E-state index contributed by atoms with van der Waals surface area (Å²) < 4.78 is 0. The van der Waals surface area contributed by atoms with Gasteiger partial charge in [-0.2, -0.15) is 0 Å². The lowest BCUT2D eigenvalue weighted by atomic mass is 9.75. The molecular formula is C17H33N3. The normalized spacial score (nSPS) is 40.2. The molecule has 3 saturated heterocycles. The van der Waals surface area contributed by atoms with Gasteiger partial charge in [-0.3, -0.25) is 0 Å². The van der Waals surface area contributed by atoms with E-state index in [0.29, 0.717) is 5.41 Å². The number of piperidine rings is 2. The third-order valence-corrected chi connectivity index (χ3v) is 6.47. The Hall–Kier alpha value is -0.120. The SMILES string of the molecule is CC(C)C1(CN2CCC3C(CCCN3C)C2)CCNC1. The van der Waals surface area contributed by atoms with Crippen molar-refractivity contribution in [3.05, 3.63) is 0 Å². The van der Waals surface area contributed by atoms with E-state index in [1.165, 1.54) is 65.0 Å². The summed E-state index contributed by atoms with van der Waals surface area (Å²) in [5.41, 5.74) is 0.535. The van der Waals surface area contributed by atoms with Crippen molar-refractivity contribution in [1.29, 1.82) is 0 Å². The van der Waals surface area contributed by atoms with Crippen molar-refractivity contribution in [3.63, 3.8) is 0 Å². The molecule has 0 amide bonds. The van der Waals surface area contributed by atoms with Crippen molar-refractivity contribution >= 4 is 0 Å². The van der Waals surface area contributed by atoms with Crippen LogP contribution in [0.3, 0.4) is 0 Å². The van der Waals surface area contributed by atoms with Crippen LogP contribution in [-0.2, 0) is 0 Å². The quantitative estimate of drug-likeness (QED) is 0.853. The van der Waals surface area contributed by atoms with Gasteiger partial charge in [0.05, 0.1) is 0 Å². The third-order valence-electron chi connectivity index (χ3n) is 6.47. The van der Waals surface area contributed by atoms with E-state index in [1.54, 1.807) is 0 Å². The molecule has 0 aromatic heterocycles. The number of nitrogens with zero attached hydrogens (tertiary/aromatic N) is 2. The second-order valence-electron chi connectivity index (χ2n) is 7.92. The summed E-state index contributed by atoms with van der Waals surface area (Å²) >= 11 is 0. The molecule has 0 aromatic carbocycles. The standard InChI is InChI=1S/C17H33N3/c1-14(2)17(7-8-18-12-17)13-20-10-6-16-15(11-20)5-4-9-19(16)3/h14-16,18H,4-13H2,1-3H3. The van der Waals surface area contributed by atoms with Crippen molar-refractivity contribution < 1.29 is 0 Å². The van der Waals surface area contributed by atoms with E-state index in [9.17, 15) is 0 Å². The van der Waals surface area contributed by atoms with Crippen molar-refractivity contribution in [2.75, 3.05) is 46.3 Å². The van der Waals surface area contributed by atoms with Gasteiger partial charge in [0.1, 0.15) is 0 Å². The summed E-state index contributed by atoms with van der Waals surface area (Å²) in [5, 5.41) is 3.61. The summed E-state index contributed by atoms with van der Waals surface area (Å²) in [6, 6.07) is 0.872. The maximum atomic E-state index is 3.61. The number of fused-ring (bicyclic) bond motifs is 1. The number of nitrogens with one attached hydrogen (secondary N) is 1. The largest absolute Gasteiger partial charge is 0.316 e. The van der Waals surface area contributed by atoms with Crippen LogP contribution >= 0.6 is 0 Å². The van der Waals surface area contributed by atoms with Crippen molar-refractivity contribution in [3.8, 4) is 0 Å². The molecule has 3 aliphatic heterocycles. The number of rotatable bonds is 3. The Bertz CT molecular complexity index is 322. The number of hydrogen-bond donors (Lipinski definition) is 1. The molecule has 116 valence electrons.